The Morgan fingerprint density at radius 3 is 1.14 bits per heavy atom. The highest BCUT2D eigenvalue weighted by atomic mass is 19.4. The Morgan fingerprint density at radius 2 is 0.800 bits per heavy atom. The number of carbonyl (C=O) groups excluding carboxylic acids is 2. The average Bonchev–Trinajstić information content (AvgIpc) is 2.98. The van der Waals surface area contributed by atoms with Crippen molar-refractivity contribution >= 4 is 12.2 Å². The van der Waals surface area contributed by atoms with Crippen LogP contribution in [0.5, 0.6) is 0 Å². The summed E-state index contributed by atoms with van der Waals surface area (Å²) in [5.74, 6) is -57.6. The van der Waals surface area contributed by atoms with E-state index in [0.29, 0.717) is 0 Å². The molecule has 2 amide bonds. The molecule has 0 radical (unpaired) electrons. The Morgan fingerprint density at radius 1 is 0.480 bits per heavy atom. The highest BCUT2D eigenvalue weighted by Crippen LogP contribution is 2.64. The largest absolute Gasteiger partial charge is 0.460 e. The predicted octanol–water partition coefficient (Wildman–Crippen LogP) is 5.88. The summed E-state index contributed by atoms with van der Waals surface area (Å²) in [6.07, 6.45) is -18.6. The van der Waals surface area contributed by atoms with Gasteiger partial charge in [-0.3, -0.25) is 0 Å². The van der Waals surface area contributed by atoms with E-state index in [2.05, 4.69) is 18.9 Å². The number of ether oxygens (including phenoxy) is 6. The van der Waals surface area contributed by atoms with Gasteiger partial charge in [0.2, 0.25) is 0 Å². The molecule has 0 heterocycles. The van der Waals surface area contributed by atoms with Crippen LogP contribution in [0.25, 0.3) is 0 Å². The van der Waals surface area contributed by atoms with Crippen molar-refractivity contribution in [2.75, 3.05) is 67.1 Å². The van der Waals surface area contributed by atoms with Gasteiger partial charge in [-0.1, -0.05) is 0 Å². The van der Waals surface area contributed by atoms with Crippen LogP contribution in [-0.2, 0) is 28.4 Å². The van der Waals surface area contributed by atoms with Gasteiger partial charge < -0.3 is 39.1 Å². The highest BCUT2D eigenvalue weighted by molar-refractivity contribution is 5.70. The van der Waals surface area contributed by atoms with Gasteiger partial charge in [0, 0.05) is 20.6 Å². The first-order valence-corrected chi connectivity index (χ1v) is 13.2. The van der Waals surface area contributed by atoms with Gasteiger partial charge in [0.25, 0.3) is 0 Å². The van der Waals surface area contributed by atoms with Crippen LogP contribution >= 0.6 is 0 Å². The molecule has 0 fully saturated rings. The number of carbonyl (C=O) groups is 2. The number of rotatable bonds is 23. The third kappa shape index (κ3) is 10.8. The van der Waals surface area contributed by atoms with E-state index >= 15 is 0 Å². The summed E-state index contributed by atoms with van der Waals surface area (Å²) < 4.78 is 258. The van der Waals surface area contributed by atoms with Crippen molar-refractivity contribution in [3.8, 4) is 0 Å². The minimum Gasteiger partial charge on any atom is -0.447 e. The molecule has 0 atom stereocenters. The first kappa shape index (κ1) is 47.2. The van der Waals surface area contributed by atoms with Crippen LogP contribution < -0.4 is 10.6 Å². The summed E-state index contributed by atoms with van der Waals surface area (Å²) >= 11 is 0. The quantitative estimate of drug-likeness (QED) is 0.0751. The van der Waals surface area contributed by atoms with Crippen molar-refractivity contribution in [3.05, 3.63) is 0 Å². The molecule has 0 rings (SSSR count). The van der Waals surface area contributed by atoms with Crippen LogP contribution in [0, 0.1) is 0 Å². The summed E-state index contributed by atoms with van der Waals surface area (Å²) in [5.41, 5.74) is 0. The van der Waals surface area contributed by atoms with E-state index in [0.717, 1.165) is 0 Å². The first-order chi connectivity index (χ1) is 22.5. The normalized spacial score (nSPS) is 14.2. The predicted molar refractivity (Wildman–Crippen MR) is 128 cm³/mol. The van der Waals surface area contributed by atoms with Crippen LogP contribution in [0.3, 0.4) is 0 Å². The van der Waals surface area contributed by atoms with Crippen LogP contribution in [0.15, 0.2) is 0 Å². The summed E-state index contributed by atoms with van der Waals surface area (Å²) in [7, 11) is 2.58. The number of nitrogens with one attached hydrogen (secondary N) is 2. The van der Waals surface area contributed by atoms with Crippen molar-refractivity contribution < 1.29 is 113 Å². The molecule has 0 bridgehead atoms. The molecule has 0 aromatic heterocycles. The molecular weight excluding hydrogens is 755 g/mol. The van der Waals surface area contributed by atoms with Crippen LogP contribution in [0.4, 0.5) is 84.2 Å². The second kappa shape index (κ2) is 18.1. The molecular formula is C23H29F17N2O8. The zero-order chi connectivity index (χ0) is 39.5. The summed E-state index contributed by atoms with van der Waals surface area (Å²) in [4.78, 5) is 23.9. The molecule has 0 aliphatic rings. The lowest BCUT2D eigenvalue weighted by molar-refractivity contribution is -0.461. The Labute approximate surface area is 270 Å². The Kier molecular flexibility index (Phi) is 17.1. The minimum atomic E-state index is -8.78. The van der Waals surface area contributed by atoms with Crippen molar-refractivity contribution in [2.45, 2.75) is 66.6 Å². The lowest BCUT2D eigenvalue weighted by Crippen LogP contribution is -2.74. The zero-order valence-electron chi connectivity index (χ0n) is 25.3. The molecule has 0 aromatic rings. The highest BCUT2D eigenvalue weighted by Gasteiger charge is 2.95. The molecule has 0 aromatic carbocycles. The molecule has 0 saturated heterocycles. The number of hydrogen-bond acceptors (Lipinski definition) is 8. The van der Waals surface area contributed by atoms with Gasteiger partial charge in [-0.2, -0.15) is 74.6 Å². The van der Waals surface area contributed by atoms with Gasteiger partial charge in [0.15, 0.2) is 0 Å². The summed E-state index contributed by atoms with van der Waals surface area (Å²) in [6.45, 7) is -1.90. The van der Waals surface area contributed by atoms with Crippen LogP contribution in [-0.4, -0.2) is 133 Å². The minimum absolute atomic E-state index is 0.0337. The summed E-state index contributed by atoms with van der Waals surface area (Å²) in [6, 6.07) is 0. The second-order valence-electron chi connectivity index (χ2n) is 9.51. The molecule has 298 valence electrons. The van der Waals surface area contributed by atoms with Crippen molar-refractivity contribution in [1.82, 2.24) is 10.6 Å². The van der Waals surface area contributed by atoms with Gasteiger partial charge in [-0.15, -0.1) is 0 Å². The monoisotopic (exact) mass is 784 g/mol. The fourth-order valence-corrected chi connectivity index (χ4v) is 3.10. The number of methoxy groups -OCH3 is 2. The number of alkyl halides is 17. The topological polar surface area (TPSA) is 114 Å². The molecule has 0 spiro atoms. The smallest absolute Gasteiger partial charge is 0.447 e. The third-order valence-electron chi connectivity index (χ3n) is 5.90. The standard InChI is InChI=1S/C23H29F17N2O8/c1-45-5-7-47-9-11-49-14(43)41-13(42-15(44)50-12-10-48-8-6-46-2)3-4-16(24,25)17(26,27)18(28,29)19(30,31)20(32,33)21(34,35)22(36,37)23(38,39)40/h13H,3-12H2,1-2H3,(H,41,43)(H,42,44). The first-order valence-electron chi connectivity index (χ1n) is 13.2. The lowest BCUT2D eigenvalue weighted by Gasteiger charge is -2.43. The Balaban J connectivity index is 6.13. The number of amides is 2. The van der Waals surface area contributed by atoms with E-state index in [1.165, 1.54) is 24.9 Å². The van der Waals surface area contributed by atoms with E-state index in [4.69, 9.17) is 9.47 Å². The van der Waals surface area contributed by atoms with E-state index in [1.54, 1.807) is 0 Å². The SMILES string of the molecule is COCCOCCOC(=O)NC(CCC(F)(F)C(F)(F)C(F)(F)C(F)(F)C(F)(F)C(F)(F)C(F)(F)C(F)(F)F)NC(=O)OCCOCCOC. The average molecular weight is 784 g/mol. The molecule has 0 unspecified atom stereocenters. The lowest BCUT2D eigenvalue weighted by atomic mass is 9.88. The maximum absolute atomic E-state index is 14.4. The maximum Gasteiger partial charge on any atom is 0.460 e. The van der Waals surface area contributed by atoms with E-state index < -0.39 is 92.0 Å². The van der Waals surface area contributed by atoms with Gasteiger partial charge in [-0.25, -0.2) is 9.59 Å². The molecule has 10 nitrogen and oxygen atoms in total. The van der Waals surface area contributed by atoms with Gasteiger partial charge in [0.1, 0.15) is 19.4 Å². The number of hydrogen-bond donors (Lipinski definition) is 2. The fourth-order valence-electron chi connectivity index (χ4n) is 3.10. The van der Waals surface area contributed by atoms with E-state index in [9.17, 15) is 84.2 Å². The number of alkyl carbamates (subject to hydrolysis) is 2. The molecule has 0 aliphatic carbocycles. The molecule has 2 N–H and O–H groups in total. The maximum atomic E-state index is 14.4. The van der Waals surface area contributed by atoms with Gasteiger partial charge >= 0.3 is 59.8 Å². The zero-order valence-corrected chi connectivity index (χ0v) is 25.3. The molecule has 27 heteroatoms. The number of halogens is 17. The molecule has 0 aliphatic heterocycles. The van der Waals surface area contributed by atoms with Crippen LogP contribution in [0.2, 0.25) is 0 Å². The van der Waals surface area contributed by atoms with Crippen molar-refractivity contribution in [2.24, 2.45) is 0 Å². The molecule has 0 saturated carbocycles. The second-order valence-corrected chi connectivity index (χ2v) is 9.51. The van der Waals surface area contributed by atoms with Crippen molar-refractivity contribution in [3.63, 3.8) is 0 Å². The van der Waals surface area contributed by atoms with Crippen LogP contribution in [0.1, 0.15) is 12.8 Å². The fraction of sp³-hybridized carbons (Fsp3) is 0.913. The van der Waals surface area contributed by atoms with E-state index in [-0.39, 0.29) is 39.6 Å². The summed E-state index contributed by atoms with van der Waals surface area (Å²) in [5, 5.41) is 3.02. The van der Waals surface area contributed by atoms with E-state index in [1.807, 2.05) is 0 Å². The van der Waals surface area contributed by atoms with Gasteiger partial charge in [-0.05, 0) is 6.42 Å². The molecule has 50 heavy (non-hydrogen) atoms. The Bertz CT molecular complexity index is 1030. The van der Waals surface area contributed by atoms with Gasteiger partial charge in [0.05, 0.1) is 39.6 Å². The third-order valence-corrected chi connectivity index (χ3v) is 5.90. The van der Waals surface area contributed by atoms with Crippen molar-refractivity contribution in [1.29, 1.82) is 0 Å². The Hall–Kier alpha value is -2.81.